The highest BCUT2D eigenvalue weighted by Gasteiger charge is 2.08. The van der Waals surface area contributed by atoms with E-state index < -0.39 is 5.97 Å². The number of benzene rings is 2. The van der Waals surface area contributed by atoms with Gasteiger partial charge in [-0.1, -0.05) is 29.8 Å². The molecule has 0 radical (unpaired) electrons. The molecule has 4 heteroatoms. The Morgan fingerprint density at radius 3 is 2.74 bits per heavy atom. The fourth-order valence-electron chi connectivity index (χ4n) is 1.71. The van der Waals surface area contributed by atoms with Crippen LogP contribution in [0.4, 0.5) is 0 Å². The SMILES string of the molecule is Cc1ccc(COc2cccc(Cl)c2)cc1C(=O)O. The first-order valence-corrected chi connectivity index (χ1v) is 6.15. The Morgan fingerprint density at radius 1 is 1.26 bits per heavy atom. The van der Waals surface area contributed by atoms with E-state index in [9.17, 15) is 4.79 Å². The molecule has 0 unspecified atom stereocenters. The van der Waals surface area contributed by atoms with Gasteiger partial charge in [-0.2, -0.15) is 0 Å². The second-order valence-electron chi connectivity index (χ2n) is 4.20. The minimum Gasteiger partial charge on any atom is -0.489 e. The van der Waals surface area contributed by atoms with Crippen molar-refractivity contribution in [3.05, 3.63) is 64.2 Å². The predicted octanol–water partition coefficient (Wildman–Crippen LogP) is 3.93. The second kappa shape index (κ2) is 5.76. The van der Waals surface area contributed by atoms with Crippen molar-refractivity contribution < 1.29 is 14.6 Å². The molecule has 3 nitrogen and oxygen atoms in total. The van der Waals surface area contributed by atoms with Crippen LogP contribution in [0, 0.1) is 6.92 Å². The van der Waals surface area contributed by atoms with E-state index in [0.717, 1.165) is 11.1 Å². The molecule has 2 aromatic rings. The first kappa shape index (κ1) is 13.4. The van der Waals surface area contributed by atoms with E-state index in [1.54, 1.807) is 43.3 Å². The van der Waals surface area contributed by atoms with Crippen molar-refractivity contribution in [3.63, 3.8) is 0 Å². The molecule has 0 aliphatic carbocycles. The van der Waals surface area contributed by atoms with E-state index in [0.29, 0.717) is 22.9 Å². The maximum atomic E-state index is 11.0. The molecular formula is C15H13ClO3. The molecular weight excluding hydrogens is 264 g/mol. The zero-order valence-electron chi connectivity index (χ0n) is 10.4. The van der Waals surface area contributed by atoms with Gasteiger partial charge in [0.05, 0.1) is 5.56 Å². The van der Waals surface area contributed by atoms with Gasteiger partial charge in [-0.05, 0) is 42.3 Å². The maximum Gasteiger partial charge on any atom is 0.335 e. The average molecular weight is 277 g/mol. The van der Waals surface area contributed by atoms with Crippen LogP contribution in [0.15, 0.2) is 42.5 Å². The van der Waals surface area contributed by atoms with Crippen molar-refractivity contribution in [2.75, 3.05) is 0 Å². The summed E-state index contributed by atoms with van der Waals surface area (Å²) in [7, 11) is 0. The quantitative estimate of drug-likeness (QED) is 0.920. The van der Waals surface area contributed by atoms with Crippen LogP contribution in [0.1, 0.15) is 21.5 Å². The Bertz CT molecular complexity index is 608. The van der Waals surface area contributed by atoms with Gasteiger partial charge in [0.15, 0.2) is 0 Å². The minimum atomic E-state index is -0.929. The number of carbonyl (C=O) groups is 1. The van der Waals surface area contributed by atoms with E-state index >= 15 is 0 Å². The molecule has 19 heavy (non-hydrogen) atoms. The number of aryl methyl sites for hydroxylation is 1. The van der Waals surface area contributed by atoms with Gasteiger partial charge in [0, 0.05) is 5.02 Å². The Morgan fingerprint density at radius 2 is 2.05 bits per heavy atom. The lowest BCUT2D eigenvalue weighted by Crippen LogP contribution is -2.03. The van der Waals surface area contributed by atoms with Crippen LogP contribution in [-0.4, -0.2) is 11.1 Å². The summed E-state index contributed by atoms with van der Waals surface area (Å²) in [6.07, 6.45) is 0. The number of carboxylic acids is 1. The lowest BCUT2D eigenvalue weighted by Gasteiger charge is -2.08. The Labute approximate surface area is 116 Å². The Hall–Kier alpha value is -2.00. The van der Waals surface area contributed by atoms with Gasteiger partial charge >= 0.3 is 5.97 Å². The lowest BCUT2D eigenvalue weighted by atomic mass is 10.1. The summed E-state index contributed by atoms with van der Waals surface area (Å²) in [5.74, 6) is -0.271. The van der Waals surface area contributed by atoms with Crippen molar-refractivity contribution in [1.29, 1.82) is 0 Å². The number of rotatable bonds is 4. The molecule has 2 rings (SSSR count). The smallest absolute Gasteiger partial charge is 0.335 e. The van der Waals surface area contributed by atoms with Crippen LogP contribution >= 0.6 is 11.6 Å². The van der Waals surface area contributed by atoms with Crippen LogP contribution in [0.25, 0.3) is 0 Å². The molecule has 0 aromatic heterocycles. The highest BCUT2D eigenvalue weighted by Crippen LogP contribution is 2.19. The van der Waals surface area contributed by atoms with Gasteiger partial charge in [0.25, 0.3) is 0 Å². The summed E-state index contributed by atoms with van der Waals surface area (Å²) in [6, 6.07) is 12.3. The third kappa shape index (κ3) is 3.48. The van der Waals surface area contributed by atoms with Crippen molar-refractivity contribution in [1.82, 2.24) is 0 Å². The van der Waals surface area contributed by atoms with E-state index in [-0.39, 0.29) is 0 Å². The third-order valence-corrected chi connectivity index (χ3v) is 2.97. The number of ether oxygens (including phenoxy) is 1. The van der Waals surface area contributed by atoms with Crippen LogP contribution in [0.2, 0.25) is 5.02 Å². The molecule has 0 amide bonds. The third-order valence-electron chi connectivity index (χ3n) is 2.73. The second-order valence-corrected chi connectivity index (χ2v) is 4.64. The number of carboxylic acid groups (broad SMARTS) is 1. The van der Waals surface area contributed by atoms with Crippen molar-refractivity contribution in [2.45, 2.75) is 13.5 Å². The summed E-state index contributed by atoms with van der Waals surface area (Å²) in [5.41, 5.74) is 1.84. The Kier molecular flexibility index (Phi) is 4.07. The van der Waals surface area contributed by atoms with E-state index in [1.807, 2.05) is 6.07 Å². The maximum absolute atomic E-state index is 11.0. The van der Waals surface area contributed by atoms with Gasteiger partial charge in [-0.3, -0.25) is 0 Å². The van der Waals surface area contributed by atoms with Crippen molar-refractivity contribution >= 4 is 17.6 Å². The molecule has 1 N–H and O–H groups in total. The van der Waals surface area contributed by atoms with Crippen molar-refractivity contribution in [2.24, 2.45) is 0 Å². The topological polar surface area (TPSA) is 46.5 Å². The molecule has 0 atom stereocenters. The van der Waals surface area contributed by atoms with Crippen molar-refractivity contribution in [3.8, 4) is 5.75 Å². The monoisotopic (exact) mass is 276 g/mol. The highest BCUT2D eigenvalue weighted by atomic mass is 35.5. The standard InChI is InChI=1S/C15H13ClO3/c1-10-5-6-11(7-14(10)15(17)18)9-19-13-4-2-3-12(16)8-13/h2-8H,9H2,1H3,(H,17,18). The normalized spacial score (nSPS) is 10.2. The number of hydrogen-bond donors (Lipinski definition) is 1. The van der Waals surface area contributed by atoms with Crippen LogP contribution in [0.3, 0.4) is 0 Å². The molecule has 2 aromatic carbocycles. The molecule has 0 aliphatic heterocycles. The highest BCUT2D eigenvalue weighted by molar-refractivity contribution is 6.30. The van der Waals surface area contributed by atoms with Crippen LogP contribution in [0.5, 0.6) is 5.75 Å². The largest absolute Gasteiger partial charge is 0.489 e. The molecule has 0 spiro atoms. The van der Waals surface area contributed by atoms with Gasteiger partial charge in [-0.25, -0.2) is 4.79 Å². The summed E-state index contributed by atoms with van der Waals surface area (Å²) < 4.78 is 5.57. The molecule has 0 bridgehead atoms. The fourth-order valence-corrected chi connectivity index (χ4v) is 1.89. The predicted molar refractivity (Wildman–Crippen MR) is 73.9 cm³/mol. The average Bonchev–Trinajstić information content (AvgIpc) is 2.37. The zero-order valence-corrected chi connectivity index (χ0v) is 11.1. The summed E-state index contributed by atoms with van der Waals surface area (Å²) in [4.78, 5) is 11.0. The van der Waals surface area contributed by atoms with E-state index in [2.05, 4.69) is 0 Å². The summed E-state index contributed by atoms with van der Waals surface area (Å²) in [5, 5.41) is 9.66. The number of halogens is 1. The Balaban J connectivity index is 2.12. The van der Waals surface area contributed by atoms with Gasteiger partial charge in [0.1, 0.15) is 12.4 Å². The first-order valence-electron chi connectivity index (χ1n) is 5.77. The molecule has 0 saturated carbocycles. The van der Waals surface area contributed by atoms with Crippen LogP contribution < -0.4 is 4.74 Å². The molecule has 0 heterocycles. The molecule has 0 saturated heterocycles. The summed E-state index contributed by atoms with van der Waals surface area (Å²) >= 11 is 5.86. The molecule has 0 fully saturated rings. The number of aromatic carboxylic acids is 1. The number of hydrogen-bond acceptors (Lipinski definition) is 2. The fraction of sp³-hybridized carbons (Fsp3) is 0.133. The van der Waals surface area contributed by atoms with Gasteiger partial charge in [-0.15, -0.1) is 0 Å². The van der Waals surface area contributed by atoms with Gasteiger partial charge < -0.3 is 9.84 Å². The summed E-state index contributed by atoms with van der Waals surface area (Å²) in [6.45, 7) is 2.08. The first-order chi connectivity index (χ1) is 9.06. The lowest BCUT2D eigenvalue weighted by molar-refractivity contribution is 0.0696. The minimum absolute atomic E-state index is 0.298. The van der Waals surface area contributed by atoms with Crippen LogP contribution in [-0.2, 0) is 6.61 Å². The van der Waals surface area contributed by atoms with E-state index in [1.165, 1.54) is 0 Å². The van der Waals surface area contributed by atoms with Gasteiger partial charge in [0.2, 0.25) is 0 Å². The van der Waals surface area contributed by atoms with E-state index in [4.69, 9.17) is 21.4 Å². The zero-order chi connectivity index (χ0) is 13.8. The molecule has 0 aliphatic rings. The molecule has 98 valence electrons.